The number of nitro groups is 1. The van der Waals surface area contributed by atoms with E-state index >= 15 is 0 Å². The van der Waals surface area contributed by atoms with E-state index in [1.807, 2.05) is 0 Å². The summed E-state index contributed by atoms with van der Waals surface area (Å²) in [6.45, 7) is 0.478. The van der Waals surface area contributed by atoms with Crippen LogP contribution in [-0.4, -0.2) is 37.0 Å². The Labute approximate surface area is 194 Å². The maximum atomic E-state index is 12.6. The highest BCUT2D eigenvalue weighted by Crippen LogP contribution is 2.24. The van der Waals surface area contributed by atoms with Crippen LogP contribution in [0, 0.1) is 10.1 Å². The summed E-state index contributed by atoms with van der Waals surface area (Å²) in [7, 11) is 1.58. The van der Waals surface area contributed by atoms with E-state index in [1.165, 1.54) is 12.1 Å². The molecule has 0 saturated carbocycles. The smallest absolute Gasteiger partial charge is 0.270 e. The fraction of sp³-hybridized carbons (Fsp3) is 0.130. The maximum absolute atomic E-state index is 12.6. The van der Waals surface area contributed by atoms with Crippen molar-refractivity contribution in [2.75, 3.05) is 25.6 Å². The van der Waals surface area contributed by atoms with E-state index < -0.39 is 16.7 Å². The maximum Gasteiger partial charge on any atom is 0.270 e. The Bertz CT molecular complexity index is 1170. The Morgan fingerprint density at radius 2 is 1.67 bits per heavy atom. The van der Waals surface area contributed by atoms with Gasteiger partial charge in [0, 0.05) is 12.1 Å². The molecule has 0 aliphatic heterocycles. The number of non-ortho nitro benzene ring substituents is 1. The number of ether oxygens (including phenoxy) is 2. The predicted molar refractivity (Wildman–Crippen MR) is 123 cm³/mol. The zero-order chi connectivity index (χ0) is 23.8. The fourth-order valence-corrected chi connectivity index (χ4v) is 3.14. The van der Waals surface area contributed by atoms with Gasteiger partial charge in [-0.3, -0.25) is 19.7 Å². The second kappa shape index (κ2) is 11.0. The Hall–Kier alpha value is -4.11. The molecule has 9 nitrogen and oxygen atoms in total. The Kier molecular flexibility index (Phi) is 7.82. The molecule has 0 fully saturated rings. The highest BCUT2D eigenvalue weighted by Gasteiger charge is 2.18. The van der Waals surface area contributed by atoms with Crippen LogP contribution in [0.3, 0.4) is 0 Å². The van der Waals surface area contributed by atoms with Crippen molar-refractivity contribution in [3.63, 3.8) is 0 Å². The van der Waals surface area contributed by atoms with E-state index in [0.717, 1.165) is 6.07 Å². The van der Waals surface area contributed by atoms with Crippen LogP contribution in [0.5, 0.6) is 11.5 Å². The van der Waals surface area contributed by atoms with Crippen LogP contribution in [-0.2, 0) is 0 Å². The molecular formula is C23H20ClN3O6. The Morgan fingerprint density at radius 3 is 2.33 bits per heavy atom. The van der Waals surface area contributed by atoms with E-state index in [2.05, 4.69) is 10.6 Å². The number of rotatable bonds is 9. The topological polar surface area (TPSA) is 120 Å². The monoisotopic (exact) mass is 469 g/mol. The molecule has 0 aliphatic rings. The number of anilines is 1. The van der Waals surface area contributed by atoms with Gasteiger partial charge in [-0.2, -0.15) is 0 Å². The second-order valence-corrected chi connectivity index (χ2v) is 7.11. The standard InChI is InChI=1S/C23H20ClN3O6/c1-32-16-7-9-17(10-8-16)33-13-12-25-22(28)19-4-2-3-5-21(19)26-23(29)18-11-6-15(27(30)31)14-20(18)24/h2-11,14H,12-13H2,1H3,(H,25,28)(H,26,29). The molecule has 3 aromatic rings. The summed E-state index contributed by atoms with van der Waals surface area (Å²) in [4.78, 5) is 35.5. The lowest BCUT2D eigenvalue weighted by Crippen LogP contribution is -2.29. The normalized spacial score (nSPS) is 10.2. The Balaban J connectivity index is 1.60. The van der Waals surface area contributed by atoms with Crippen molar-refractivity contribution in [1.82, 2.24) is 5.32 Å². The van der Waals surface area contributed by atoms with E-state index in [4.69, 9.17) is 21.1 Å². The van der Waals surface area contributed by atoms with Crippen molar-refractivity contribution < 1.29 is 24.0 Å². The number of halogens is 1. The first-order valence-corrected chi connectivity index (χ1v) is 10.2. The number of hydrogen-bond acceptors (Lipinski definition) is 6. The number of nitro benzene ring substituents is 1. The number of hydrogen-bond donors (Lipinski definition) is 2. The molecule has 0 aromatic heterocycles. The zero-order valence-corrected chi connectivity index (χ0v) is 18.3. The van der Waals surface area contributed by atoms with Gasteiger partial charge in [0.1, 0.15) is 18.1 Å². The number of nitrogens with one attached hydrogen (secondary N) is 2. The van der Waals surface area contributed by atoms with Gasteiger partial charge in [-0.1, -0.05) is 23.7 Å². The number of nitrogens with zero attached hydrogens (tertiary/aromatic N) is 1. The molecule has 10 heteroatoms. The molecule has 0 spiro atoms. The molecule has 0 bridgehead atoms. The van der Waals surface area contributed by atoms with Gasteiger partial charge in [0.2, 0.25) is 0 Å². The third kappa shape index (κ3) is 6.20. The third-order valence-corrected chi connectivity index (χ3v) is 4.86. The predicted octanol–water partition coefficient (Wildman–Crippen LogP) is 4.32. The average Bonchev–Trinajstić information content (AvgIpc) is 2.82. The minimum Gasteiger partial charge on any atom is -0.497 e. The van der Waals surface area contributed by atoms with Gasteiger partial charge in [-0.15, -0.1) is 0 Å². The molecule has 0 heterocycles. The molecule has 2 amide bonds. The molecule has 170 valence electrons. The van der Waals surface area contributed by atoms with Crippen molar-refractivity contribution in [2.45, 2.75) is 0 Å². The van der Waals surface area contributed by atoms with Crippen molar-refractivity contribution in [1.29, 1.82) is 0 Å². The van der Waals surface area contributed by atoms with E-state index in [0.29, 0.717) is 11.5 Å². The molecule has 0 radical (unpaired) electrons. The highest BCUT2D eigenvalue weighted by molar-refractivity contribution is 6.34. The molecule has 33 heavy (non-hydrogen) atoms. The molecule has 3 rings (SSSR count). The lowest BCUT2D eigenvalue weighted by Gasteiger charge is -2.12. The largest absolute Gasteiger partial charge is 0.497 e. The molecule has 0 aliphatic carbocycles. The molecule has 0 unspecified atom stereocenters. The van der Waals surface area contributed by atoms with Gasteiger partial charge in [0.05, 0.1) is 40.4 Å². The number of carbonyl (C=O) groups excluding carboxylic acids is 2. The molecule has 3 aromatic carbocycles. The minimum atomic E-state index is -0.606. The number of amides is 2. The first kappa shape index (κ1) is 23.6. The van der Waals surface area contributed by atoms with Crippen molar-refractivity contribution in [2.24, 2.45) is 0 Å². The lowest BCUT2D eigenvalue weighted by molar-refractivity contribution is -0.384. The summed E-state index contributed by atoms with van der Waals surface area (Å²) < 4.78 is 10.7. The highest BCUT2D eigenvalue weighted by atomic mass is 35.5. The van der Waals surface area contributed by atoms with Crippen molar-refractivity contribution in [3.05, 3.63) is 93.0 Å². The van der Waals surface area contributed by atoms with E-state index in [-0.39, 0.29) is 40.7 Å². The van der Waals surface area contributed by atoms with Crippen LogP contribution in [0.2, 0.25) is 5.02 Å². The van der Waals surface area contributed by atoms with Crippen molar-refractivity contribution >= 4 is 34.8 Å². The molecular weight excluding hydrogens is 450 g/mol. The molecule has 0 atom stereocenters. The quantitative estimate of drug-likeness (QED) is 0.273. The van der Waals surface area contributed by atoms with Gasteiger partial charge in [0.15, 0.2) is 0 Å². The van der Waals surface area contributed by atoms with Crippen LogP contribution < -0.4 is 20.1 Å². The summed E-state index contributed by atoms with van der Waals surface area (Å²) in [6.07, 6.45) is 0. The Morgan fingerprint density at radius 1 is 0.970 bits per heavy atom. The first-order chi connectivity index (χ1) is 15.9. The van der Waals surface area contributed by atoms with Crippen LogP contribution >= 0.6 is 11.6 Å². The van der Waals surface area contributed by atoms with Crippen LogP contribution in [0.15, 0.2) is 66.7 Å². The number of carbonyl (C=O) groups is 2. The average molecular weight is 470 g/mol. The summed E-state index contributed by atoms with van der Waals surface area (Å²) in [5.41, 5.74) is 0.331. The molecule has 0 saturated heterocycles. The molecule has 2 N–H and O–H groups in total. The lowest BCUT2D eigenvalue weighted by atomic mass is 10.1. The van der Waals surface area contributed by atoms with Gasteiger partial charge in [0.25, 0.3) is 17.5 Å². The van der Waals surface area contributed by atoms with E-state index in [9.17, 15) is 19.7 Å². The van der Waals surface area contributed by atoms with Crippen LogP contribution in [0.25, 0.3) is 0 Å². The third-order valence-electron chi connectivity index (χ3n) is 4.54. The summed E-state index contributed by atoms with van der Waals surface area (Å²) >= 11 is 6.02. The van der Waals surface area contributed by atoms with Gasteiger partial charge >= 0.3 is 0 Å². The second-order valence-electron chi connectivity index (χ2n) is 6.70. The zero-order valence-electron chi connectivity index (χ0n) is 17.5. The number of para-hydroxylation sites is 1. The van der Waals surface area contributed by atoms with E-state index in [1.54, 1.807) is 55.6 Å². The van der Waals surface area contributed by atoms with Gasteiger partial charge < -0.3 is 20.1 Å². The fourth-order valence-electron chi connectivity index (χ4n) is 2.88. The van der Waals surface area contributed by atoms with Crippen molar-refractivity contribution in [3.8, 4) is 11.5 Å². The van der Waals surface area contributed by atoms with Gasteiger partial charge in [-0.25, -0.2) is 0 Å². The minimum absolute atomic E-state index is 0.0466. The van der Waals surface area contributed by atoms with Crippen LogP contribution in [0.1, 0.15) is 20.7 Å². The SMILES string of the molecule is COc1ccc(OCCNC(=O)c2ccccc2NC(=O)c2ccc([N+](=O)[O-])cc2Cl)cc1. The number of methoxy groups -OCH3 is 1. The summed E-state index contributed by atoms with van der Waals surface area (Å²) in [5.74, 6) is 0.346. The summed E-state index contributed by atoms with van der Waals surface area (Å²) in [5, 5.41) is 16.1. The first-order valence-electron chi connectivity index (χ1n) is 9.78. The summed E-state index contributed by atoms with van der Waals surface area (Å²) in [6, 6.07) is 17.0. The van der Waals surface area contributed by atoms with Crippen LogP contribution in [0.4, 0.5) is 11.4 Å². The number of benzene rings is 3. The van der Waals surface area contributed by atoms with Gasteiger partial charge in [-0.05, 0) is 42.5 Å².